The first-order valence-corrected chi connectivity index (χ1v) is 6.23. The number of anilines is 1. The molecule has 108 valence electrons. The van der Waals surface area contributed by atoms with Crippen molar-refractivity contribution in [2.24, 2.45) is 0 Å². The Hall–Kier alpha value is -2.47. The Morgan fingerprint density at radius 2 is 2.05 bits per heavy atom. The third-order valence-corrected chi connectivity index (χ3v) is 2.61. The van der Waals surface area contributed by atoms with Gasteiger partial charge in [-0.05, 0) is 18.2 Å². The number of carbonyl (C=O) groups excluding carboxylic acids is 2. The molecule has 5 nitrogen and oxygen atoms in total. The standard InChI is InChI=1S/C14H10ClFN2O3/c1-8(19)18-13-4-9(2-3-12(13)16)14(20)21-11-5-10(15)6-17-7-11/h2-7H,1H3,(H,18,19). The first-order valence-electron chi connectivity index (χ1n) is 5.85. The van der Waals surface area contributed by atoms with Crippen LogP contribution >= 0.6 is 11.6 Å². The van der Waals surface area contributed by atoms with Gasteiger partial charge in [0.1, 0.15) is 5.82 Å². The Morgan fingerprint density at radius 1 is 1.29 bits per heavy atom. The van der Waals surface area contributed by atoms with E-state index in [9.17, 15) is 14.0 Å². The van der Waals surface area contributed by atoms with Crippen LogP contribution in [0.15, 0.2) is 36.7 Å². The molecule has 21 heavy (non-hydrogen) atoms. The van der Waals surface area contributed by atoms with Gasteiger partial charge in [0.2, 0.25) is 5.91 Å². The van der Waals surface area contributed by atoms with E-state index in [2.05, 4.69) is 10.3 Å². The third-order valence-electron chi connectivity index (χ3n) is 2.40. The van der Waals surface area contributed by atoms with Gasteiger partial charge in [0, 0.05) is 19.2 Å². The number of aromatic nitrogens is 1. The van der Waals surface area contributed by atoms with Gasteiger partial charge in [-0.1, -0.05) is 11.6 Å². The lowest BCUT2D eigenvalue weighted by Gasteiger charge is -2.07. The van der Waals surface area contributed by atoms with Crippen molar-refractivity contribution in [2.45, 2.75) is 6.92 Å². The van der Waals surface area contributed by atoms with Crippen LogP contribution in [-0.4, -0.2) is 16.9 Å². The molecule has 0 saturated heterocycles. The van der Waals surface area contributed by atoms with Gasteiger partial charge in [-0.25, -0.2) is 9.18 Å². The van der Waals surface area contributed by atoms with E-state index >= 15 is 0 Å². The number of rotatable bonds is 3. The molecule has 0 atom stereocenters. The summed E-state index contributed by atoms with van der Waals surface area (Å²) in [6.07, 6.45) is 2.72. The highest BCUT2D eigenvalue weighted by Gasteiger charge is 2.13. The van der Waals surface area contributed by atoms with Crippen LogP contribution in [0.25, 0.3) is 0 Å². The predicted octanol–water partition coefficient (Wildman–Crippen LogP) is 3.05. The Balaban J connectivity index is 2.21. The average molecular weight is 309 g/mol. The Kier molecular flexibility index (Phi) is 4.49. The molecule has 0 saturated carbocycles. The fourth-order valence-corrected chi connectivity index (χ4v) is 1.72. The maximum Gasteiger partial charge on any atom is 0.343 e. The quantitative estimate of drug-likeness (QED) is 0.885. The van der Waals surface area contributed by atoms with Crippen molar-refractivity contribution in [3.8, 4) is 5.75 Å². The number of amides is 1. The smallest absolute Gasteiger partial charge is 0.343 e. The van der Waals surface area contributed by atoms with Crippen molar-refractivity contribution in [3.63, 3.8) is 0 Å². The number of ether oxygens (including phenoxy) is 1. The average Bonchev–Trinajstić information content (AvgIpc) is 2.40. The molecule has 7 heteroatoms. The molecule has 0 aliphatic carbocycles. The largest absolute Gasteiger partial charge is 0.421 e. The molecule has 0 aliphatic heterocycles. The van der Waals surface area contributed by atoms with E-state index in [0.29, 0.717) is 5.02 Å². The summed E-state index contributed by atoms with van der Waals surface area (Å²) in [6.45, 7) is 1.24. The number of nitrogens with zero attached hydrogens (tertiary/aromatic N) is 1. The second-order valence-electron chi connectivity index (χ2n) is 4.10. The summed E-state index contributed by atoms with van der Waals surface area (Å²) in [5.41, 5.74) is -0.0127. The van der Waals surface area contributed by atoms with Gasteiger partial charge in [-0.2, -0.15) is 0 Å². The third kappa shape index (κ3) is 4.00. The molecule has 1 amide bonds. The molecule has 1 aromatic heterocycles. The van der Waals surface area contributed by atoms with Crippen LogP contribution in [0.5, 0.6) is 5.75 Å². The van der Waals surface area contributed by atoms with Crippen LogP contribution < -0.4 is 10.1 Å². The van der Waals surface area contributed by atoms with E-state index in [1.807, 2.05) is 0 Å². The number of nitrogens with one attached hydrogen (secondary N) is 1. The lowest BCUT2D eigenvalue weighted by atomic mass is 10.2. The minimum atomic E-state index is -0.717. The van der Waals surface area contributed by atoms with E-state index in [1.54, 1.807) is 0 Å². The van der Waals surface area contributed by atoms with Crippen molar-refractivity contribution >= 4 is 29.2 Å². The zero-order valence-corrected chi connectivity index (χ0v) is 11.6. The van der Waals surface area contributed by atoms with Gasteiger partial charge in [0.05, 0.1) is 22.5 Å². The van der Waals surface area contributed by atoms with Crippen molar-refractivity contribution in [2.75, 3.05) is 5.32 Å². The van der Waals surface area contributed by atoms with Crippen molar-refractivity contribution in [3.05, 3.63) is 53.1 Å². The summed E-state index contributed by atoms with van der Waals surface area (Å²) < 4.78 is 18.5. The number of esters is 1. The molecule has 1 aromatic carbocycles. The van der Waals surface area contributed by atoms with Gasteiger partial charge < -0.3 is 10.1 Å². The van der Waals surface area contributed by atoms with Crippen LogP contribution in [0, 0.1) is 5.82 Å². The molecule has 0 bridgehead atoms. The topological polar surface area (TPSA) is 68.3 Å². The van der Waals surface area contributed by atoms with E-state index in [4.69, 9.17) is 16.3 Å². The fraction of sp³-hybridized carbons (Fsp3) is 0.0714. The van der Waals surface area contributed by atoms with Gasteiger partial charge in [-0.15, -0.1) is 0 Å². The van der Waals surface area contributed by atoms with Crippen molar-refractivity contribution in [1.29, 1.82) is 0 Å². The second kappa shape index (κ2) is 6.32. The highest BCUT2D eigenvalue weighted by molar-refractivity contribution is 6.30. The highest BCUT2D eigenvalue weighted by Crippen LogP contribution is 2.20. The predicted molar refractivity (Wildman–Crippen MR) is 74.9 cm³/mol. The second-order valence-corrected chi connectivity index (χ2v) is 4.54. The van der Waals surface area contributed by atoms with E-state index in [-0.39, 0.29) is 17.0 Å². The molecular formula is C14H10ClFN2O3. The summed E-state index contributed by atoms with van der Waals surface area (Å²) in [7, 11) is 0. The molecule has 0 spiro atoms. The van der Waals surface area contributed by atoms with Crippen molar-refractivity contribution in [1.82, 2.24) is 4.98 Å². The number of carbonyl (C=O) groups is 2. The molecule has 0 aliphatic rings. The normalized spacial score (nSPS) is 10.0. The summed E-state index contributed by atoms with van der Waals surface area (Å²) >= 11 is 5.73. The van der Waals surface area contributed by atoms with Gasteiger partial charge in [-0.3, -0.25) is 9.78 Å². The molecule has 0 unspecified atom stereocenters. The zero-order chi connectivity index (χ0) is 15.4. The number of halogens is 2. The Bertz CT molecular complexity index is 706. The van der Waals surface area contributed by atoms with Gasteiger partial charge in [0.25, 0.3) is 0 Å². The lowest BCUT2D eigenvalue weighted by Crippen LogP contribution is -2.12. The summed E-state index contributed by atoms with van der Waals surface area (Å²) in [5.74, 6) is -1.65. The molecule has 2 rings (SSSR count). The van der Waals surface area contributed by atoms with Gasteiger partial charge in [0.15, 0.2) is 5.75 Å². The Labute approximate surface area is 124 Å². The van der Waals surface area contributed by atoms with E-state index in [1.165, 1.54) is 37.5 Å². The van der Waals surface area contributed by atoms with Crippen LogP contribution in [0.2, 0.25) is 5.02 Å². The molecular weight excluding hydrogens is 299 g/mol. The maximum absolute atomic E-state index is 13.5. The molecule has 0 fully saturated rings. The lowest BCUT2D eigenvalue weighted by molar-refractivity contribution is -0.114. The van der Waals surface area contributed by atoms with Crippen molar-refractivity contribution < 1.29 is 18.7 Å². The maximum atomic E-state index is 13.5. The number of hydrogen-bond acceptors (Lipinski definition) is 4. The monoisotopic (exact) mass is 308 g/mol. The number of pyridine rings is 1. The summed E-state index contributed by atoms with van der Waals surface area (Å²) in [4.78, 5) is 26.7. The van der Waals surface area contributed by atoms with Crippen LogP contribution in [-0.2, 0) is 4.79 Å². The van der Waals surface area contributed by atoms with Gasteiger partial charge >= 0.3 is 5.97 Å². The number of benzene rings is 1. The minimum Gasteiger partial charge on any atom is -0.421 e. The SMILES string of the molecule is CC(=O)Nc1cc(C(=O)Oc2cncc(Cl)c2)ccc1F. The molecule has 1 N–H and O–H groups in total. The first-order chi connectivity index (χ1) is 9.95. The van der Waals surface area contributed by atoms with Crippen LogP contribution in [0.1, 0.15) is 17.3 Å². The summed E-state index contributed by atoms with van der Waals surface area (Å²) in [6, 6.07) is 4.93. The molecule has 1 heterocycles. The highest BCUT2D eigenvalue weighted by atomic mass is 35.5. The first kappa shape index (κ1) is 14.9. The summed E-state index contributed by atoms with van der Waals surface area (Å²) in [5, 5.41) is 2.60. The fourth-order valence-electron chi connectivity index (χ4n) is 1.55. The molecule has 2 aromatic rings. The zero-order valence-electron chi connectivity index (χ0n) is 10.9. The van der Waals surface area contributed by atoms with E-state index in [0.717, 1.165) is 6.07 Å². The van der Waals surface area contributed by atoms with Crippen LogP contribution in [0.4, 0.5) is 10.1 Å². The Morgan fingerprint density at radius 3 is 2.71 bits per heavy atom. The molecule has 0 radical (unpaired) electrons. The van der Waals surface area contributed by atoms with Crippen LogP contribution in [0.3, 0.4) is 0 Å². The number of hydrogen-bond donors (Lipinski definition) is 1. The minimum absolute atomic E-state index is 0.0834. The van der Waals surface area contributed by atoms with E-state index < -0.39 is 17.7 Å².